The van der Waals surface area contributed by atoms with Crippen LogP contribution in [0.3, 0.4) is 0 Å². The maximum Gasteiger partial charge on any atom is 0.123 e. The van der Waals surface area contributed by atoms with E-state index in [0.717, 1.165) is 12.0 Å². The van der Waals surface area contributed by atoms with Crippen LogP contribution >= 0.6 is 0 Å². The zero-order valence-electron chi connectivity index (χ0n) is 9.45. The molecule has 2 unspecified atom stereocenters. The normalized spacial score (nSPS) is 34.2. The summed E-state index contributed by atoms with van der Waals surface area (Å²) in [6.45, 7) is 0. The molecule has 86 valence electrons. The van der Waals surface area contributed by atoms with Gasteiger partial charge in [0.1, 0.15) is 5.82 Å². The van der Waals surface area contributed by atoms with Crippen LogP contribution in [0.4, 0.5) is 4.39 Å². The molecular weight excluding hydrogens is 201 g/mol. The average molecular weight is 219 g/mol. The van der Waals surface area contributed by atoms with Crippen LogP contribution in [0.15, 0.2) is 24.3 Å². The summed E-state index contributed by atoms with van der Waals surface area (Å²) in [4.78, 5) is 0. The van der Waals surface area contributed by atoms with E-state index >= 15 is 0 Å². The maximum absolute atomic E-state index is 13.1. The molecule has 0 bridgehead atoms. The molecule has 0 spiro atoms. The fourth-order valence-corrected chi connectivity index (χ4v) is 3.36. The van der Waals surface area contributed by atoms with Gasteiger partial charge in [-0.2, -0.15) is 0 Å². The predicted octanol–water partition coefficient (Wildman–Crippen LogP) is 3.20. The number of hydrogen-bond acceptors (Lipinski definition) is 1. The minimum absolute atomic E-state index is 0.0235. The third-order valence-corrected chi connectivity index (χ3v) is 4.41. The van der Waals surface area contributed by atoms with Gasteiger partial charge in [0.15, 0.2) is 0 Å². The molecule has 0 aliphatic heterocycles. The fraction of sp³-hybridized carbons (Fsp3) is 0.571. The molecule has 0 saturated heterocycles. The van der Waals surface area contributed by atoms with Crippen molar-refractivity contribution in [2.24, 2.45) is 11.7 Å². The van der Waals surface area contributed by atoms with Crippen molar-refractivity contribution in [2.45, 2.75) is 43.6 Å². The lowest BCUT2D eigenvalue weighted by atomic mass is 9.92. The van der Waals surface area contributed by atoms with Crippen LogP contribution < -0.4 is 5.73 Å². The van der Waals surface area contributed by atoms with Crippen LogP contribution in [-0.4, -0.2) is 5.54 Å². The minimum Gasteiger partial charge on any atom is -0.324 e. The van der Waals surface area contributed by atoms with Crippen LogP contribution in [0.5, 0.6) is 0 Å². The maximum atomic E-state index is 13.1. The highest BCUT2D eigenvalue weighted by Gasteiger charge is 2.56. The standard InChI is InChI=1S/C14H18FN/c15-12-7-3-4-10(8-12)13-9-14(13,16)11-5-1-2-6-11/h3-4,7-8,11,13H,1-2,5-6,9,16H2. The van der Waals surface area contributed by atoms with E-state index in [2.05, 4.69) is 0 Å². The molecule has 3 rings (SSSR count). The Kier molecular flexibility index (Phi) is 2.28. The zero-order valence-corrected chi connectivity index (χ0v) is 9.45. The number of halogens is 1. The molecule has 1 aromatic rings. The van der Waals surface area contributed by atoms with Crippen LogP contribution in [0.1, 0.15) is 43.6 Å². The van der Waals surface area contributed by atoms with Gasteiger partial charge in [-0.3, -0.25) is 0 Å². The van der Waals surface area contributed by atoms with Gasteiger partial charge in [0.2, 0.25) is 0 Å². The Balaban J connectivity index is 1.79. The van der Waals surface area contributed by atoms with Crippen molar-refractivity contribution in [1.29, 1.82) is 0 Å². The fourth-order valence-electron chi connectivity index (χ4n) is 3.36. The summed E-state index contributed by atoms with van der Waals surface area (Å²) in [7, 11) is 0. The van der Waals surface area contributed by atoms with Gasteiger partial charge in [-0.25, -0.2) is 4.39 Å². The van der Waals surface area contributed by atoms with E-state index in [1.807, 2.05) is 6.07 Å². The second-order valence-corrected chi connectivity index (χ2v) is 5.41. The molecule has 1 aromatic carbocycles. The van der Waals surface area contributed by atoms with Gasteiger partial charge < -0.3 is 5.73 Å². The summed E-state index contributed by atoms with van der Waals surface area (Å²) < 4.78 is 13.1. The second-order valence-electron chi connectivity index (χ2n) is 5.41. The molecule has 2 atom stereocenters. The lowest BCUT2D eigenvalue weighted by Gasteiger charge is -2.19. The molecule has 2 saturated carbocycles. The quantitative estimate of drug-likeness (QED) is 0.812. The Hall–Kier alpha value is -0.890. The van der Waals surface area contributed by atoms with Gasteiger partial charge >= 0.3 is 0 Å². The van der Waals surface area contributed by atoms with Crippen molar-refractivity contribution in [3.8, 4) is 0 Å². The van der Waals surface area contributed by atoms with Gasteiger partial charge in [0.25, 0.3) is 0 Å². The third-order valence-electron chi connectivity index (χ3n) is 4.41. The van der Waals surface area contributed by atoms with Crippen molar-refractivity contribution in [1.82, 2.24) is 0 Å². The summed E-state index contributed by atoms with van der Waals surface area (Å²) in [5, 5.41) is 0. The molecule has 0 heterocycles. The van der Waals surface area contributed by atoms with Gasteiger partial charge in [-0.15, -0.1) is 0 Å². The Morgan fingerprint density at radius 1 is 1.25 bits per heavy atom. The predicted molar refractivity (Wildman–Crippen MR) is 62.6 cm³/mol. The summed E-state index contributed by atoms with van der Waals surface area (Å²) in [6.07, 6.45) is 6.21. The molecule has 0 radical (unpaired) electrons. The second kappa shape index (κ2) is 3.56. The van der Waals surface area contributed by atoms with Gasteiger partial charge in [0.05, 0.1) is 0 Å². The van der Waals surface area contributed by atoms with E-state index in [1.54, 1.807) is 12.1 Å². The Labute approximate surface area is 95.8 Å². The molecule has 2 aliphatic carbocycles. The first-order valence-corrected chi connectivity index (χ1v) is 6.24. The Morgan fingerprint density at radius 2 is 2.00 bits per heavy atom. The molecule has 0 amide bonds. The van der Waals surface area contributed by atoms with Crippen LogP contribution in [0, 0.1) is 11.7 Å². The van der Waals surface area contributed by atoms with Crippen molar-refractivity contribution in [3.05, 3.63) is 35.6 Å². The topological polar surface area (TPSA) is 26.0 Å². The van der Waals surface area contributed by atoms with Crippen molar-refractivity contribution in [3.63, 3.8) is 0 Å². The molecule has 2 N–H and O–H groups in total. The molecule has 16 heavy (non-hydrogen) atoms. The van der Waals surface area contributed by atoms with Crippen LogP contribution in [0.2, 0.25) is 0 Å². The zero-order chi connectivity index (χ0) is 11.2. The number of hydrogen-bond donors (Lipinski definition) is 1. The van der Waals surface area contributed by atoms with E-state index < -0.39 is 0 Å². The minimum atomic E-state index is -0.141. The van der Waals surface area contributed by atoms with Gasteiger partial charge in [-0.05, 0) is 42.9 Å². The Bertz CT molecular complexity index is 397. The van der Waals surface area contributed by atoms with E-state index in [4.69, 9.17) is 5.73 Å². The first-order chi connectivity index (χ1) is 7.70. The number of nitrogens with two attached hydrogens (primary N) is 1. The summed E-state index contributed by atoms with van der Waals surface area (Å²) in [5.74, 6) is 0.922. The number of rotatable bonds is 2. The molecule has 1 nitrogen and oxygen atoms in total. The first-order valence-electron chi connectivity index (χ1n) is 6.24. The van der Waals surface area contributed by atoms with E-state index in [-0.39, 0.29) is 11.4 Å². The van der Waals surface area contributed by atoms with Gasteiger partial charge in [-0.1, -0.05) is 25.0 Å². The van der Waals surface area contributed by atoms with Crippen LogP contribution in [0.25, 0.3) is 0 Å². The van der Waals surface area contributed by atoms with E-state index in [9.17, 15) is 4.39 Å². The molecule has 2 fully saturated rings. The SMILES string of the molecule is NC1(C2CCCC2)CC1c1cccc(F)c1. The van der Waals surface area contributed by atoms with E-state index in [0.29, 0.717) is 11.8 Å². The highest BCUT2D eigenvalue weighted by molar-refractivity contribution is 5.34. The summed E-state index contributed by atoms with van der Waals surface area (Å²) in [6, 6.07) is 6.95. The third kappa shape index (κ3) is 1.56. The monoisotopic (exact) mass is 219 g/mol. The smallest absolute Gasteiger partial charge is 0.123 e. The molecule has 2 aliphatic rings. The number of benzene rings is 1. The van der Waals surface area contributed by atoms with E-state index in [1.165, 1.54) is 31.7 Å². The van der Waals surface area contributed by atoms with Crippen LogP contribution in [-0.2, 0) is 0 Å². The molecule has 2 heteroatoms. The first kappa shape index (κ1) is 10.3. The molecular formula is C14H18FN. The van der Waals surface area contributed by atoms with Crippen molar-refractivity contribution < 1.29 is 4.39 Å². The summed E-state index contributed by atoms with van der Waals surface area (Å²) in [5.41, 5.74) is 7.52. The highest BCUT2D eigenvalue weighted by atomic mass is 19.1. The highest BCUT2D eigenvalue weighted by Crippen LogP contribution is 2.57. The van der Waals surface area contributed by atoms with Crippen molar-refractivity contribution in [2.75, 3.05) is 0 Å². The lowest BCUT2D eigenvalue weighted by molar-refractivity contribution is 0.404. The van der Waals surface area contributed by atoms with Gasteiger partial charge in [0, 0.05) is 11.5 Å². The largest absolute Gasteiger partial charge is 0.324 e. The Morgan fingerprint density at radius 3 is 2.69 bits per heavy atom. The lowest BCUT2D eigenvalue weighted by Crippen LogP contribution is -2.32. The van der Waals surface area contributed by atoms with Crippen molar-refractivity contribution >= 4 is 0 Å². The molecule has 0 aromatic heterocycles. The average Bonchev–Trinajstić information content (AvgIpc) is 2.76. The summed E-state index contributed by atoms with van der Waals surface area (Å²) >= 11 is 0.